The topological polar surface area (TPSA) is 76.3 Å². The van der Waals surface area contributed by atoms with Gasteiger partial charge in [-0.3, -0.25) is 15.1 Å². The summed E-state index contributed by atoms with van der Waals surface area (Å²) in [5, 5.41) is 19.9. The van der Waals surface area contributed by atoms with Gasteiger partial charge in [-0.2, -0.15) is 0 Å². The van der Waals surface area contributed by atoms with Crippen molar-refractivity contribution in [2.75, 3.05) is 0 Å². The zero-order valence-electron chi connectivity index (χ0n) is 7.17. The van der Waals surface area contributed by atoms with Gasteiger partial charge in [0.2, 0.25) is 0 Å². The third-order valence-electron chi connectivity index (χ3n) is 1.78. The minimum atomic E-state index is -0.789. The predicted octanol–water partition coefficient (Wildman–Crippen LogP) is 1.43. The second-order valence-corrected chi connectivity index (χ2v) is 2.62. The van der Waals surface area contributed by atoms with E-state index in [9.17, 15) is 15.2 Å². The number of hydrogen-bond acceptors (Lipinski definition) is 4. The van der Waals surface area contributed by atoms with Gasteiger partial charge >= 0.3 is 0 Å². The average Bonchev–Trinajstić information content (AvgIpc) is 2.16. The maximum Gasteiger partial charge on any atom is 0.293 e. The van der Waals surface area contributed by atoms with Gasteiger partial charge in [0.05, 0.1) is 16.6 Å². The minimum Gasteiger partial charge on any atom is -0.388 e. The summed E-state index contributed by atoms with van der Waals surface area (Å²) in [5.41, 5.74) is 0.194. The largest absolute Gasteiger partial charge is 0.388 e. The molecule has 1 heterocycles. The van der Waals surface area contributed by atoms with E-state index in [1.54, 1.807) is 6.92 Å². The molecule has 0 aliphatic carbocycles. The molecule has 0 aliphatic heterocycles. The summed E-state index contributed by atoms with van der Waals surface area (Å²) in [6.07, 6.45) is 2.24. The van der Waals surface area contributed by atoms with Crippen LogP contribution in [0.2, 0.25) is 0 Å². The first-order valence-electron chi connectivity index (χ1n) is 3.93. The highest BCUT2D eigenvalue weighted by Gasteiger charge is 2.18. The van der Waals surface area contributed by atoms with Crippen LogP contribution in [0.1, 0.15) is 25.0 Å². The molecule has 70 valence electrons. The maximum absolute atomic E-state index is 10.5. The lowest BCUT2D eigenvalue weighted by atomic mass is 10.1. The number of nitro groups is 1. The number of aliphatic hydroxyl groups excluding tert-OH is 1. The van der Waals surface area contributed by atoms with Gasteiger partial charge < -0.3 is 5.11 Å². The fourth-order valence-corrected chi connectivity index (χ4v) is 1.05. The Kier molecular flexibility index (Phi) is 2.92. The molecule has 1 rings (SSSR count). The Morgan fingerprint density at radius 2 is 2.46 bits per heavy atom. The first-order valence-corrected chi connectivity index (χ1v) is 3.93. The molecule has 0 saturated heterocycles. The molecule has 13 heavy (non-hydrogen) atoms. The molecule has 1 atom stereocenters. The van der Waals surface area contributed by atoms with Crippen LogP contribution in [0.15, 0.2) is 18.5 Å². The third kappa shape index (κ3) is 2.00. The molecular formula is C8H10N2O3. The van der Waals surface area contributed by atoms with E-state index >= 15 is 0 Å². The highest BCUT2D eigenvalue weighted by Crippen LogP contribution is 2.25. The molecule has 0 aromatic carbocycles. The van der Waals surface area contributed by atoms with Crippen molar-refractivity contribution < 1.29 is 10.0 Å². The van der Waals surface area contributed by atoms with Gasteiger partial charge in [-0.15, -0.1) is 0 Å². The molecule has 1 aromatic heterocycles. The summed E-state index contributed by atoms with van der Waals surface area (Å²) in [7, 11) is 0. The number of rotatable bonds is 3. The van der Waals surface area contributed by atoms with Crippen LogP contribution >= 0.6 is 0 Å². The molecule has 0 bridgehead atoms. The van der Waals surface area contributed by atoms with Crippen molar-refractivity contribution in [1.29, 1.82) is 0 Å². The van der Waals surface area contributed by atoms with Crippen LogP contribution in [0.25, 0.3) is 0 Å². The predicted molar refractivity (Wildman–Crippen MR) is 46.1 cm³/mol. The van der Waals surface area contributed by atoms with E-state index in [1.165, 1.54) is 12.3 Å². The second-order valence-electron chi connectivity index (χ2n) is 2.62. The van der Waals surface area contributed by atoms with Crippen molar-refractivity contribution in [3.05, 3.63) is 34.1 Å². The summed E-state index contributed by atoms with van der Waals surface area (Å²) in [6, 6.07) is 1.46. The molecule has 5 heteroatoms. The van der Waals surface area contributed by atoms with Gasteiger partial charge in [0, 0.05) is 6.20 Å². The van der Waals surface area contributed by atoms with E-state index in [2.05, 4.69) is 4.98 Å². The number of hydrogen-bond donors (Lipinski definition) is 1. The van der Waals surface area contributed by atoms with Crippen LogP contribution in [0.4, 0.5) is 5.69 Å². The fraction of sp³-hybridized carbons (Fsp3) is 0.375. The van der Waals surface area contributed by atoms with Gasteiger partial charge in [0.1, 0.15) is 6.20 Å². The third-order valence-corrected chi connectivity index (χ3v) is 1.78. The van der Waals surface area contributed by atoms with Gasteiger partial charge in [0.15, 0.2) is 0 Å². The summed E-state index contributed by atoms with van der Waals surface area (Å²) in [4.78, 5) is 13.6. The van der Waals surface area contributed by atoms with Gasteiger partial charge in [-0.1, -0.05) is 6.92 Å². The first kappa shape index (κ1) is 9.60. The van der Waals surface area contributed by atoms with Gasteiger partial charge in [-0.05, 0) is 12.5 Å². The van der Waals surface area contributed by atoms with Crippen molar-refractivity contribution in [3.63, 3.8) is 0 Å². The molecular weight excluding hydrogens is 172 g/mol. The minimum absolute atomic E-state index is 0.128. The number of pyridine rings is 1. The lowest BCUT2D eigenvalue weighted by Crippen LogP contribution is -2.01. The molecule has 0 aliphatic rings. The fourth-order valence-electron chi connectivity index (χ4n) is 1.05. The Labute approximate surface area is 75.2 Å². The lowest BCUT2D eigenvalue weighted by Gasteiger charge is -2.06. The summed E-state index contributed by atoms with van der Waals surface area (Å²) in [5.74, 6) is 0. The van der Waals surface area contributed by atoms with Crippen LogP contribution in [0, 0.1) is 10.1 Å². The molecule has 1 unspecified atom stereocenters. The van der Waals surface area contributed by atoms with Crippen LogP contribution in [-0.4, -0.2) is 15.0 Å². The van der Waals surface area contributed by atoms with Crippen LogP contribution < -0.4 is 0 Å². The normalized spacial score (nSPS) is 12.5. The van der Waals surface area contributed by atoms with Crippen molar-refractivity contribution >= 4 is 5.69 Å². The monoisotopic (exact) mass is 182 g/mol. The molecule has 0 spiro atoms. The Morgan fingerprint density at radius 1 is 1.77 bits per heavy atom. The second kappa shape index (κ2) is 3.95. The summed E-state index contributed by atoms with van der Waals surface area (Å²) in [6.45, 7) is 1.76. The first-order chi connectivity index (χ1) is 6.16. The van der Waals surface area contributed by atoms with Gasteiger partial charge in [-0.25, -0.2) is 0 Å². The van der Waals surface area contributed by atoms with E-state index in [0.29, 0.717) is 12.0 Å². The SMILES string of the molecule is CCC(O)c1ccncc1[N+](=O)[O-]. The zero-order valence-corrected chi connectivity index (χ0v) is 7.17. The van der Waals surface area contributed by atoms with Gasteiger partial charge in [0.25, 0.3) is 5.69 Å². The zero-order chi connectivity index (χ0) is 9.84. The summed E-state index contributed by atoms with van der Waals surface area (Å²) >= 11 is 0. The van der Waals surface area contributed by atoms with E-state index in [0.717, 1.165) is 6.20 Å². The van der Waals surface area contributed by atoms with E-state index in [-0.39, 0.29) is 5.69 Å². The Hall–Kier alpha value is -1.49. The molecule has 1 aromatic rings. The molecule has 5 nitrogen and oxygen atoms in total. The van der Waals surface area contributed by atoms with Crippen molar-refractivity contribution in [2.24, 2.45) is 0 Å². The van der Waals surface area contributed by atoms with E-state index in [4.69, 9.17) is 0 Å². The maximum atomic E-state index is 10.5. The molecule has 0 saturated carbocycles. The smallest absolute Gasteiger partial charge is 0.293 e. The Balaban J connectivity index is 3.11. The highest BCUT2D eigenvalue weighted by atomic mass is 16.6. The quantitative estimate of drug-likeness (QED) is 0.566. The standard InChI is InChI=1S/C8H10N2O3/c1-2-8(11)6-3-4-9-5-7(6)10(12)13/h3-5,8,11H,2H2,1H3. The number of aliphatic hydroxyl groups is 1. The number of aromatic nitrogens is 1. The average molecular weight is 182 g/mol. The number of nitrogens with zero attached hydrogens (tertiary/aromatic N) is 2. The van der Waals surface area contributed by atoms with Crippen molar-refractivity contribution in [3.8, 4) is 0 Å². The summed E-state index contributed by atoms with van der Waals surface area (Å²) < 4.78 is 0. The molecule has 1 N–H and O–H groups in total. The van der Waals surface area contributed by atoms with Crippen molar-refractivity contribution in [1.82, 2.24) is 4.98 Å². The molecule has 0 fully saturated rings. The van der Waals surface area contributed by atoms with Crippen LogP contribution in [-0.2, 0) is 0 Å². The Bertz CT molecular complexity index is 314. The highest BCUT2D eigenvalue weighted by molar-refractivity contribution is 5.38. The molecule has 0 amide bonds. The van der Waals surface area contributed by atoms with Crippen LogP contribution in [0.5, 0.6) is 0 Å². The van der Waals surface area contributed by atoms with E-state index < -0.39 is 11.0 Å². The van der Waals surface area contributed by atoms with Crippen LogP contribution in [0.3, 0.4) is 0 Å². The van der Waals surface area contributed by atoms with Crippen molar-refractivity contribution in [2.45, 2.75) is 19.4 Å². The van der Waals surface area contributed by atoms with E-state index in [1.807, 2.05) is 0 Å². The lowest BCUT2D eigenvalue weighted by molar-refractivity contribution is -0.386. The Morgan fingerprint density at radius 3 is 3.00 bits per heavy atom. The molecule has 0 radical (unpaired) electrons.